The summed E-state index contributed by atoms with van der Waals surface area (Å²) in [6, 6.07) is 12.0. The first kappa shape index (κ1) is 13.4. The van der Waals surface area contributed by atoms with E-state index < -0.39 is 0 Å². The Kier molecular flexibility index (Phi) is 3.44. The fraction of sp³-hybridized carbons (Fsp3) is 0.0588. The molecule has 0 fully saturated rings. The summed E-state index contributed by atoms with van der Waals surface area (Å²) in [5, 5.41) is 0.618. The minimum Gasteiger partial charge on any atom is -0.303 e. The van der Waals surface area contributed by atoms with Gasteiger partial charge < -0.3 is 4.79 Å². The van der Waals surface area contributed by atoms with Crippen LogP contribution in [0.15, 0.2) is 48.5 Å². The van der Waals surface area contributed by atoms with Crippen LogP contribution in [0.2, 0.25) is 0 Å². The molecule has 0 aliphatic rings. The number of fused-ring (bicyclic) bond motifs is 1. The Balaban J connectivity index is 2.22. The highest BCUT2D eigenvalue weighted by atomic mass is 19.1. The molecule has 0 atom stereocenters. The van der Waals surface area contributed by atoms with E-state index in [1.54, 1.807) is 24.3 Å². The summed E-state index contributed by atoms with van der Waals surface area (Å²) >= 11 is 0. The van der Waals surface area contributed by atoms with Gasteiger partial charge in [0.2, 0.25) is 0 Å². The van der Waals surface area contributed by atoms with E-state index in [4.69, 9.17) is 0 Å². The molecule has 2 nitrogen and oxygen atoms in total. The van der Waals surface area contributed by atoms with Crippen LogP contribution in [0, 0.1) is 11.6 Å². The normalized spacial score (nSPS) is 10.8. The number of carbonyl (C=O) groups excluding carboxylic acids is 1. The number of benzene rings is 2. The molecule has 21 heavy (non-hydrogen) atoms. The third-order valence-corrected chi connectivity index (χ3v) is 3.30. The van der Waals surface area contributed by atoms with Crippen molar-refractivity contribution in [2.75, 3.05) is 0 Å². The Hall–Kier alpha value is -2.62. The molecule has 0 aliphatic heterocycles. The minimum atomic E-state index is -0.369. The largest absolute Gasteiger partial charge is 0.303 e. The second-order valence-electron chi connectivity index (χ2n) is 4.71. The molecular formula is C17H11F2NO. The molecule has 0 saturated carbocycles. The lowest BCUT2D eigenvalue weighted by Gasteiger charge is -2.08. The van der Waals surface area contributed by atoms with Gasteiger partial charge in [-0.1, -0.05) is 0 Å². The van der Waals surface area contributed by atoms with Gasteiger partial charge in [-0.25, -0.2) is 13.8 Å². The molecule has 3 aromatic rings. The van der Waals surface area contributed by atoms with E-state index >= 15 is 0 Å². The lowest BCUT2D eigenvalue weighted by Crippen LogP contribution is -1.94. The number of hydrogen-bond acceptors (Lipinski definition) is 2. The number of halogens is 2. The highest BCUT2D eigenvalue weighted by molar-refractivity contribution is 5.87. The van der Waals surface area contributed by atoms with Crippen molar-refractivity contribution in [1.82, 2.24) is 4.98 Å². The van der Waals surface area contributed by atoms with Crippen molar-refractivity contribution >= 4 is 17.2 Å². The summed E-state index contributed by atoms with van der Waals surface area (Å²) < 4.78 is 26.4. The van der Waals surface area contributed by atoms with Gasteiger partial charge in [-0.2, -0.15) is 0 Å². The summed E-state index contributed by atoms with van der Waals surface area (Å²) in [5.41, 5.74) is 2.68. The fourth-order valence-corrected chi connectivity index (χ4v) is 2.29. The fourth-order valence-electron chi connectivity index (χ4n) is 2.29. The maximum Gasteiger partial charge on any atom is 0.124 e. The summed E-state index contributed by atoms with van der Waals surface area (Å²) in [5.74, 6) is -0.694. The Labute approximate surface area is 120 Å². The summed E-state index contributed by atoms with van der Waals surface area (Å²) in [6.07, 6.45) is 0.949. The first-order valence-electron chi connectivity index (χ1n) is 6.46. The number of pyridine rings is 1. The molecule has 0 radical (unpaired) electrons. The predicted molar refractivity (Wildman–Crippen MR) is 76.9 cm³/mol. The van der Waals surface area contributed by atoms with Gasteiger partial charge in [-0.15, -0.1) is 0 Å². The molecule has 3 rings (SSSR count). The SMILES string of the molecule is O=CCc1cc(-c2ccc(F)cc2)nc2ccc(F)cc12. The van der Waals surface area contributed by atoms with Gasteiger partial charge in [0.1, 0.15) is 17.9 Å². The third-order valence-electron chi connectivity index (χ3n) is 3.30. The average Bonchev–Trinajstić information content (AvgIpc) is 2.48. The molecule has 4 heteroatoms. The predicted octanol–water partition coefficient (Wildman–Crippen LogP) is 3.92. The van der Waals surface area contributed by atoms with E-state index in [1.165, 1.54) is 24.3 Å². The number of rotatable bonds is 3. The summed E-state index contributed by atoms with van der Waals surface area (Å²) in [4.78, 5) is 15.3. The van der Waals surface area contributed by atoms with E-state index in [0.29, 0.717) is 22.2 Å². The Morgan fingerprint density at radius 3 is 2.38 bits per heavy atom. The van der Waals surface area contributed by atoms with E-state index in [-0.39, 0.29) is 18.1 Å². The van der Waals surface area contributed by atoms with E-state index in [9.17, 15) is 13.6 Å². The number of aldehydes is 1. The van der Waals surface area contributed by atoms with Crippen LogP contribution < -0.4 is 0 Å². The maximum atomic E-state index is 13.4. The molecule has 1 aromatic heterocycles. The Bertz CT molecular complexity index is 813. The molecular weight excluding hydrogens is 272 g/mol. The van der Waals surface area contributed by atoms with Gasteiger partial charge >= 0.3 is 0 Å². The smallest absolute Gasteiger partial charge is 0.124 e. The highest BCUT2D eigenvalue weighted by Crippen LogP contribution is 2.25. The third kappa shape index (κ3) is 2.65. The number of aromatic nitrogens is 1. The standard InChI is InChI=1S/C17H11F2NO/c18-13-3-1-11(2-4-13)17-9-12(7-8-21)15-10-14(19)5-6-16(15)20-17/h1-6,8-10H,7H2. The number of nitrogens with zero attached hydrogens (tertiary/aromatic N) is 1. The molecule has 0 N–H and O–H groups in total. The number of carbonyl (C=O) groups is 1. The molecule has 0 spiro atoms. The van der Waals surface area contributed by atoms with Crippen LogP contribution in [0.25, 0.3) is 22.2 Å². The Morgan fingerprint density at radius 2 is 1.67 bits per heavy atom. The molecule has 0 unspecified atom stereocenters. The van der Waals surface area contributed by atoms with Gasteiger partial charge in [0.05, 0.1) is 11.2 Å². The van der Waals surface area contributed by atoms with Crippen molar-refractivity contribution in [2.45, 2.75) is 6.42 Å². The van der Waals surface area contributed by atoms with E-state index in [2.05, 4.69) is 4.98 Å². The monoisotopic (exact) mass is 283 g/mol. The van der Waals surface area contributed by atoms with Crippen molar-refractivity contribution in [3.63, 3.8) is 0 Å². The Morgan fingerprint density at radius 1 is 0.952 bits per heavy atom. The first-order chi connectivity index (χ1) is 10.2. The lowest BCUT2D eigenvalue weighted by molar-refractivity contribution is -0.107. The second kappa shape index (κ2) is 5.40. The van der Waals surface area contributed by atoms with Gasteiger partial charge in [0, 0.05) is 17.4 Å². The van der Waals surface area contributed by atoms with Crippen molar-refractivity contribution in [2.24, 2.45) is 0 Å². The van der Waals surface area contributed by atoms with Crippen LogP contribution in [0.3, 0.4) is 0 Å². The van der Waals surface area contributed by atoms with E-state index in [1.807, 2.05) is 0 Å². The first-order valence-corrected chi connectivity index (χ1v) is 6.46. The van der Waals surface area contributed by atoms with Crippen LogP contribution in [-0.4, -0.2) is 11.3 Å². The van der Waals surface area contributed by atoms with Crippen LogP contribution in [0.1, 0.15) is 5.56 Å². The molecule has 0 amide bonds. The lowest BCUT2D eigenvalue weighted by atomic mass is 10.0. The van der Waals surface area contributed by atoms with Crippen LogP contribution >= 0.6 is 0 Å². The topological polar surface area (TPSA) is 30.0 Å². The van der Waals surface area contributed by atoms with Crippen LogP contribution in [0.4, 0.5) is 8.78 Å². The van der Waals surface area contributed by atoms with Crippen LogP contribution in [-0.2, 0) is 11.2 Å². The van der Waals surface area contributed by atoms with Gasteiger partial charge in [-0.3, -0.25) is 0 Å². The molecule has 1 heterocycles. The van der Waals surface area contributed by atoms with Gasteiger partial charge in [0.15, 0.2) is 0 Å². The number of hydrogen-bond donors (Lipinski definition) is 0. The molecule has 2 aromatic carbocycles. The molecule has 104 valence electrons. The maximum absolute atomic E-state index is 13.4. The zero-order chi connectivity index (χ0) is 14.8. The zero-order valence-corrected chi connectivity index (χ0v) is 11.0. The average molecular weight is 283 g/mol. The highest BCUT2D eigenvalue weighted by Gasteiger charge is 2.08. The summed E-state index contributed by atoms with van der Waals surface area (Å²) in [6.45, 7) is 0. The van der Waals surface area contributed by atoms with Gasteiger partial charge in [0.25, 0.3) is 0 Å². The van der Waals surface area contributed by atoms with Gasteiger partial charge in [-0.05, 0) is 54.1 Å². The minimum absolute atomic E-state index is 0.177. The quantitative estimate of drug-likeness (QED) is 0.682. The van der Waals surface area contributed by atoms with Crippen molar-refractivity contribution in [1.29, 1.82) is 0 Å². The summed E-state index contributed by atoms with van der Waals surface area (Å²) in [7, 11) is 0. The molecule has 0 saturated heterocycles. The van der Waals surface area contributed by atoms with Crippen molar-refractivity contribution < 1.29 is 13.6 Å². The zero-order valence-electron chi connectivity index (χ0n) is 11.0. The molecule has 0 aliphatic carbocycles. The van der Waals surface area contributed by atoms with Crippen LogP contribution in [0.5, 0.6) is 0 Å². The second-order valence-corrected chi connectivity index (χ2v) is 4.71. The molecule has 0 bridgehead atoms. The van der Waals surface area contributed by atoms with E-state index in [0.717, 1.165) is 11.8 Å². The van der Waals surface area contributed by atoms with Crippen molar-refractivity contribution in [3.8, 4) is 11.3 Å². The van der Waals surface area contributed by atoms with Crippen molar-refractivity contribution in [3.05, 3.63) is 65.7 Å².